The summed E-state index contributed by atoms with van der Waals surface area (Å²) in [6.07, 6.45) is 1.32. The molecule has 1 nitrogen and oxygen atoms in total. The van der Waals surface area contributed by atoms with Gasteiger partial charge in [0, 0.05) is 11.3 Å². The zero-order valence-corrected chi connectivity index (χ0v) is 11.7. The lowest BCUT2D eigenvalue weighted by Gasteiger charge is -2.29. The van der Waals surface area contributed by atoms with Crippen molar-refractivity contribution in [2.75, 3.05) is 12.3 Å². The molecule has 1 aliphatic heterocycles. The molecule has 1 rings (SSSR count). The van der Waals surface area contributed by atoms with E-state index >= 15 is 0 Å². The van der Waals surface area contributed by atoms with Gasteiger partial charge in [-0.15, -0.1) is 0 Å². The molecular formula is C13H27NS. The molecule has 2 heteroatoms. The average molecular weight is 229 g/mol. The first-order valence-electron chi connectivity index (χ1n) is 6.35. The first-order chi connectivity index (χ1) is 7.00. The van der Waals surface area contributed by atoms with Crippen LogP contribution in [0, 0.1) is 17.8 Å². The summed E-state index contributed by atoms with van der Waals surface area (Å²) >= 11 is 2.19. The summed E-state index contributed by atoms with van der Waals surface area (Å²) < 4.78 is 0. The van der Waals surface area contributed by atoms with Gasteiger partial charge in [-0.05, 0) is 36.5 Å². The largest absolute Gasteiger partial charge is 0.313 e. The first kappa shape index (κ1) is 13.4. The van der Waals surface area contributed by atoms with E-state index in [0.29, 0.717) is 0 Å². The second-order valence-electron chi connectivity index (χ2n) is 5.79. The van der Waals surface area contributed by atoms with Crippen LogP contribution in [0.15, 0.2) is 0 Å². The molecule has 15 heavy (non-hydrogen) atoms. The van der Waals surface area contributed by atoms with Gasteiger partial charge < -0.3 is 5.32 Å². The highest BCUT2D eigenvalue weighted by molar-refractivity contribution is 8.00. The summed E-state index contributed by atoms with van der Waals surface area (Å²) in [4.78, 5) is 0. The van der Waals surface area contributed by atoms with Crippen molar-refractivity contribution in [1.29, 1.82) is 0 Å². The molecule has 1 fully saturated rings. The van der Waals surface area contributed by atoms with Crippen LogP contribution in [0.5, 0.6) is 0 Å². The third kappa shape index (κ3) is 4.36. The maximum atomic E-state index is 3.77. The lowest BCUT2D eigenvalue weighted by atomic mass is 9.95. The van der Waals surface area contributed by atoms with Gasteiger partial charge in [0.05, 0.1) is 0 Å². The van der Waals surface area contributed by atoms with Crippen molar-refractivity contribution in [3.63, 3.8) is 0 Å². The lowest BCUT2D eigenvalue weighted by molar-refractivity contribution is 0.365. The molecule has 90 valence electrons. The quantitative estimate of drug-likeness (QED) is 0.796. The zero-order chi connectivity index (χ0) is 11.4. The van der Waals surface area contributed by atoms with Crippen LogP contribution in [0.25, 0.3) is 0 Å². The number of nitrogens with one attached hydrogen (secondary N) is 1. The van der Waals surface area contributed by atoms with Crippen molar-refractivity contribution in [3.8, 4) is 0 Å². The van der Waals surface area contributed by atoms with E-state index in [1.54, 1.807) is 0 Å². The van der Waals surface area contributed by atoms with E-state index in [4.69, 9.17) is 0 Å². The summed E-state index contributed by atoms with van der Waals surface area (Å²) in [5.41, 5.74) is 0. The standard InChI is InChI=1S/C13H27NS/c1-9(2)6-12-13(10(3)4)15-8-11(5)7-14-12/h9-14H,6-8H2,1-5H3. The van der Waals surface area contributed by atoms with Crippen LogP contribution < -0.4 is 5.32 Å². The van der Waals surface area contributed by atoms with E-state index in [1.165, 1.54) is 18.7 Å². The highest BCUT2D eigenvalue weighted by Gasteiger charge is 2.28. The summed E-state index contributed by atoms with van der Waals surface area (Å²) in [7, 11) is 0. The van der Waals surface area contributed by atoms with Crippen LogP contribution >= 0.6 is 11.8 Å². The summed E-state index contributed by atoms with van der Waals surface area (Å²) in [5, 5.41) is 4.58. The van der Waals surface area contributed by atoms with Crippen LogP contribution in [0.1, 0.15) is 41.0 Å². The third-order valence-corrected chi connectivity index (χ3v) is 5.10. The van der Waals surface area contributed by atoms with Gasteiger partial charge in [0.1, 0.15) is 0 Å². The van der Waals surface area contributed by atoms with Crippen molar-refractivity contribution >= 4 is 11.8 Å². The van der Waals surface area contributed by atoms with Crippen LogP contribution in [-0.2, 0) is 0 Å². The fourth-order valence-corrected chi connectivity index (χ4v) is 3.79. The average Bonchev–Trinajstić information content (AvgIpc) is 2.28. The minimum absolute atomic E-state index is 0.722. The molecule has 3 unspecified atom stereocenters. The van der Waals surface area contributed by atoms with Crippen LogP contribution in [0.3, 0.4) is 0 Å². The molecule has 0 amide bonds. The molecule has 0 aromatic heterocycles. The monoisotopic (exact) mass is 229 g/mol. The number of hydrogen-bond donors (Lipinski definition) is 1. The Kier molecular flexibility index (Phi) is 5.48. The van der Waals surface area contributed by atoms with Crippen molar-refractivity contribution < 1.29 is 0 Å². The van der Waals surface area contributed by atoms with E-state index in [1.807, 2.05) is 0 Å². The normalized spacial score (nSPS) is 33.4. The Morgan fingerprint density at radius 1 is 1.27 bits per heavy atom. The summed E-state index contributed by atoms with van der Waals surface area (Å²) in [6, 6.07) is 0.722. The molecule has 0 bridgehead atoms. The predicted molar refractivity (Wildman–Crippen MR) is 71.5 cm³/mol. The van der Waals surface area contributed by atoms with Gasteiger partial charge in [0.25, 0.3) is 0 Å². The number of rotatable bonds is 3. The van der Waals surface area contributed by atoms with Crippen molar-refractivity contribution in [2.24, 2.45) is 17.8 Å². The molecule has 3 atom stereocenters. The maximum Gasteiger partial charge on any atom is 0.0224 e. The Labute approximate surface area is 99.8 Å². The molecule has 1 N–H and O–H groups in total. The molecule has 1 saturated heterocycles. The molecule has 1 heterocycles. The van der Waals surface area contributed by atoms with Crippen molar-refractivity contribution in [3.05, 3.63) is 0 Å². The maximum absolute atomic E-state index is 3.77. The highest BCUT2D eigenvalue weighted by atomic mass is 32.2. The van der Waals surface area contributed by atoms with Gasteiger partial charge in [-0.2, -0.15) is 11.8 Å². The zero-order valence-electron chi connectivity index (χ0n) is 10.9. The second kappa shape index (κ2) is 6.15. The molecule has 0 spiro atoms. The summed E-state index contributed by atoms with van der Waals surface area (Å²) in [5.74, 6) is 3.74. The van der Waals surface area contributed by atoms with Crippen molar-refractivity contribution in [2.45, 2.75) is 52.3 Å². The number of thioether (sulfide) groups is 1. The minimum atomic E-state index is 0.722. The first-order valence-corrected chi connectivity index (χ1v) is 7.40. The molecule has 0 saturated carbocycles. The molecule has 1 aliphatic rings. The smallest absolute Gasteiger partial charge is 0.0224 e. The van der Waals surface area contributed by atoms with E-state index in [9.17, 15) is 0 Å². The number of hydrogen-bond acceptors (Lipinski definition) is 2. The molecule has 0 radical (unpaired) electrons. The van der Waals surface area contributed by atoms with Crippen LogP contribution in [0.2, 0.25) is 0 Å². The Morgan fingerprint density at radius 3 is 2.47 bits per heavy atom. The minimum Gasteiger partial charge on any atom is -0.313 e. The SMILES string of the molecule is CC(C)CC1NCC(C)CSC1C(C)C. The molecule has 0 aromatic rings. The van der Waals surface area contributed by atoms with E-state index < -0.39 is 0 Å². The van der Waals surface area contributed by atoms with Gasteiger partial charge in [-0.1, -0.05) is 34.6 Å². The van der Waals surface area contributed by atoms with Crippen molar-refractivity contribution in [1.82, 2.24) is 5.32 Å². The predicted octanol–water partition coefficient (Wildman–Crippen LogP) is 3.40. The highest BCUT2D eigenvalue weighted by Crippen LogP contribution is 2.30. The Hall–Kier alpha value is 0.310. The van der Waals surface area contributed by atoms with Gasteiger partial charge in [0.15, 0.2) is 0 Å². The van der Waals surface area contributed by atoms with Crippen LogP contribution in [0.4, 0.5) is 0 Å². The van der Waals surface area contributed by atoms with E-state index in [0.717, 1.165) is 29.0 Å². The Morgan fingerprint density at radius 2 is 1.93 bits per heavy atom. The molecular weight excluding hydrogens is 202 g/mol. The van der Waals surface area contributed by atoms with Gasteiger partial charge in [-0.3, -0.25) is 0 Å². The van der Waals surface area contributed by atoms with Gasteiger partial charge in [0.2, 0.25) is 0 Å². The van der Waals surface area contributed by atoms with E-state index in [-0.39, 0.29) is 0 Å². The van der Waals surface area contributed by atoms with E-state index in [2.05, 4.69) is 51.7 Å². The Balaban J connectivity index is 2.60. The second-order valence-corrected chi connectivity index (χ2v) is 7.00. The Bertz CT molecular complexity index is 179. The lowest BCUT2D eigenvalue weighted by Crippen LogP contribution is -2.41. The fourth-order valence-electron chi connectivity index (χ4n) is 2.30. The molecule has 0 aromatic carbocycles. The van der Waals surface area contributed by atoms with Crippen LogP contribution in [-0.4, -0.2) is 23.6 Å². The van der Waals surface area contributed by atoms with Gasteiger partial charge in [-0.25, -0.2) is 0 Å². The topological polar surface area (TPSA) is 12.0 Å². The molecule has 0 aliphatic carbocycles. The fraction of sp³-hybridized carbons (Fsp3) is 1.00. The summed E-state index contributed by atoms with van der Waals surface area (Å²) in [6.45, 7) is 12.9. The van der Waals surface area contributed by atoms with Gasteiger partial charge >= 0.3 is 0 Å². The third-order valence-electron chi connectivity index (χ3n) is 3.08.